The van der Waals surface area contributed by atoms with Gasteiger partial charge in [0.2, 0.25) is 0 Å². The van der Waals surface area contributed by atoms with Crippen LogP contribution in [0.1, 0.15) is 39.0 Å². The van der Waals surface area contributed by atoms with E-state index in [0.29, 0.717) is 6.17 Å². The van der Waals surface area contributed by atoms with Crippen LogP contribution in [0.2, 0.25) is 0 Å². The molecule has 2 saturated heterocycles. The van der Waals surface area contributed by atoms with Crippen LogP contribution in [0.25, 0.3) is 0 Å². The topological polar surface area (TPSA) is 6.48 Å². The number of benzene rings is 1. The number of nitrogens with zero attached hydrogens (tertiary/aromatic N) is 2. The van der Waals surface area contributed by atoms with Crippen LogP contribution < -0.4 is 4.90 Å². The third kappa shape index (κ3) is 2.14. The smallest absolute Gasteiger partial charge is 0.0824 e. The van der Waals surface area contributed by atoms with Gasteiger partial charge in [0, 0.05) is 24.8 Å². The van der Waals surface area contributed by atoms with Crippen molar-refractivity contribution >= 4 is 5.69 Å². The Morgan fingerprint density at radius 2 is 1.94 bits per heavy atom. The van der Waals surface area contributed by atoms with Crippen LogP contribution in [0.4, 0.5) is 5.69 Å². The summed E-state index contributed by atoms with van der Waals surface area (Å²) in [5.41, 5.74) is 1.40. The van der Waals surface area contributed by atoms with Crippen LogP contribution in [0, 0.1) is 0 Å². The molecule has 0 aromatic heterocycles. The highest BCUT2D eigenvalue weighted by molar-refractivity contribution is 5.48. The fourth-order valence-corrected chi connectivity index (χ4v) is 3.71. The summed E-state index contributed by atoms with van der Waals surface area (Å²) in [6, 6.07) is 11.8. The van der Waals surface area contributed by atoms with Crippen molar-refractivity contribution < 1.29 is 0 Å². The number of hydrogen-bond donors (Lipinski definition) is 0. The first kappa shape index (κ1) is 12.0. The Bertz CT molecular complexity index is 374. The van der Waals surface area contributed by atoms with Gasteiger partial charge in [-0.3, -0.25) is 4.90 Å². The zero-order chi connectivity index (χ0) is 12.4. The minimum Gasteiger partial charge on any atom is -0.354 e. The molecule has 2 aliphatic rings. The van der Waals surface area contributed by atoms with E-state index in [2.05, 4.69) is 47.1 Å². The van der Waals surface area contributed by atoms with Gasteiger partial charge in [0.1, 0.15) is 0 Å². The lowest BCUT2D eigenvalue weighted by Gasteiger charge is -2.40. The lowest BCUT2D eigenvalue weighted by atomic mass is 9.97. The van der Waals surface area contributed by atoms with E-state index >= 15 is 0 Å². The average molecular weight is 244 g/mol. The Labute approximate surface area is 111 Å². The van der Waals surface area contributed by atoms with E-state index in [0.717, 1.165) is 6.04 Å². The molecule has 0 bridgehead atoms. The third-order valence-corrected chi connectivity index (χ3v) is 4.52. The Morgan fingerprint density at radius 1 is 1.11 bits per heavy atom. The first-order valence-electron chi connectivity index (χ1n) is 7.47. The molecule has 2 nitrogen and oxygen atoms in total. The molecule has 2 aliphatic heterocycles. The van der Waals surface area contributed by atoms with E-state index in [1.807, 2.05) is 0 Å². The van der Waals surface area contributed by atoms with Gasteiger partial charge in [-0.15, -0.1) is 0 Å². The first-order chi connectivity index (χ1) is 8.90. The molecule has 0 N–H and O–H groups in total. The van der Waals surface area contributed by atoms with E-state index in [4.69, 9.17) is 0 Å². The molecule has 98 valence electrons. The first-order valence-corrected chi connectivity index (χ1v) is 7.47. The van der Waals surface area contributed by atoms with Crippen LogP contribution in [0.15, 0.2) is 30.3 Å². The van der Waals surface area contributed by atoms with Gasteiger partial charge in [0.25, 0.3) is 0 Å². The minimum absolute atomic E-state index is 0.665. The van der Waals surface area contributed by atoms with E-state index in [9.17, 15) is 0 Å². The molecule has 18 heavy (non-hydrogen) atoms. The van der Waals surface area contributed by atoms with Crippen molar-refractivity contribution in [1.29, 1.82) is 0 Å². The lowest BCUT2D eigenvalue weighted by molar-refractivity contribution is 0.117. The molecule has 1 aromatic carbocycles. The van der Waals surface area contributed by atoms with Gasteiger partial charge in [-0.1, -0.05) is 31.5 Å². The summed E-state index contributed by atoms with van der Waals surface area (Å²) in [5.74, 6) is 0. The van der Waals surface area contributed by atoms with Gasteiger partial charge < -0.3 is 4.90 Å². The van der Waals surface area contributed by atoms with Crippen molar-refractivity contribution in [3.8, 4) is 0 Å². The van der Waals surface area contributed by atoms with Crippen LogP contribution >= 0.6 is 0 Å². The molecule has 1 aromatic rings. The quantitative estimate of drug-likeness (QED) is 0.803. The Hall–Kier alpha value is -1.02. The fourth-order valence-electron chi connectivity index (χ4n) is 3.71. The third-order valence-electron chi connectivity index (χ3n) is 4.52. The van der Waals surface area contributed by atoms with Gasteiger partial charge in [-0.05, 0) is 37.8 Å². The number of anilines is 1. The number of piperidine rings is 1. The van der Waals surface area contributed by atoms with Crippen molar-refractivity contribution in [2.75, 3.05) is 18.0 Å². The van der Waals surface area contributed by atoms with Crippen molar-refractivity contribution in [1.82, 2.24) is 4.90 Å². The Kier molecular flexibility index (Phi) is 3.55. The summed E-state index contributed by atoms with van der Waals surface area (Å²) in [6.07, 6.45) is 7.51. The standard InChI is InChI=1S/C16H24N2/c1-2-7-14-10-6-11-16-17(14)12-13-18(16)15-8-4-3-5-9-15/h3-5,8-9,14,16H,2,6-7,10-13H2,1H3. The maximum Gasteiger partial charge on any atom is 0.0824 e. The largest absolute Gasteiger partial charge is 0.354 e. The monoisotopic (exact) mass is 244 g/mol. The zero-order valence-electron chi connectivity index (χ0n) is 11.4. The minimum atomic E-state index is 0.665. The molecule has 0 aliphatic carbocycles. The summed E-state index contributed by atoms with van der Waals surface area (Å²) < 4.78 is 0. The van der Waals surface area contributed by atoms with Gasteiger partial charge in [-0.25, -0.2) is 0 Å². The summed E-state index contributed by atoms with van der Waals surface area (Å²) >= 11 is 0. The highest BCUT2D eigenvalue weighted by atomic mass is 15.4. The van der Waals surface area contributed by atoms with Crippen molar-refractivity contribution in [3.63, 3.8) is 0 Å². The molecule has 2 heterocycles. The van der Waals surface area contributed by atoms with E-state index in [1.165, 1.54) is 50.9 Å². The maximum absolute atomic E-state index is 2.76. The molecule has 2 unspecified atom stereocenters. The second kappa shape index (κ2) is 5.31. The van der Waals surface area contributed by atoms with Crippen LogP contribution in [-0.2, 0) is 0 Å². The molecule has 0 radical (unpaired) electrons. The summed E-state index contributed by atoms with van der Waals surface area (Å²) in [4.78, 5) is 5.38. The predicted octanol–water partition coefficient (Wildman–Crippen LogP) is 3.49. The normalized spacial score (nSPS) is 28.4. The van der Waals surface area contributed by atoms with E-state index in [-0.39, 0.29) is 0 Å². The second-order valence-electron chi connectivity index (χ2n) is 5.62. The number of fused-ring (bicyclic) bond motifs is 1. The molecular weight excluding hydrogens is 220 g/mol. The maximum atomic E-state index is 2.76. The molecule has 0 amide bonds. The SMILES string of the molecule is CCCC1CCCC2N(c3ccccc3)CCN12. The van der Waals surface area contributed by atoms with Gasteiger partial charge in [-0.2, -0.15) is 0 Å². The number of rotatable bonds is 3. The average Bonchev–Trinajstić information content (AvgIpc) is 2.85. The molecule has 3 rings (SSSR count). The van der Waals surface area contributed by atoms with Crippen LogP contribution in [0.3, 0.4) is 0 Å². The molecule has 0 spiro atoms. The number of para-hydroxylation sites is 1. The Balaban J connectivity index is 1.77. The molecule has 0 saturated carbocycles. The zero-order valence-corrected chi connectivity index (χ0v) is 11.4. The van der Waals surface area contributed by atoms with Crippen molar-refractivity contribution in [2.45, 2.75) is 51.2 Å². The molecular formula is C16H24N2. The summed E-state index contributed by atoms with van der Waals surface area (Å²) in [7, 11) is 0. The summed E-state index contributed by atoms with van der Waals surface area (Å²) in [6.45, 7) is 4.77. The second-order valence-corrected chi connectivity index (χ2v) is 5.62. The summed E-state index contributed by atoms with van der Waals surface area (Å²) in [5, 5.41) is 0. The van der Waals surface area contributed by atoms with Crippen molar-refractivity contribution in [3.05, 3.63) is 30.3 Å². The Morgan fingerprint density at radius 3 is 2.72 bits per heavy atom. The predicted molar refractivity (Wildman–Crippen MR) is 76.8 cm³/mol. The van der Waals surface area contributed by atoms with Crippen LogP contribution in [-0.4, -0.2) is 30.2 Å². The highest BCUT2D eigenvalue weighted by Gasteiger charge is 2.38. The lowest BCUT2D eigenvalue weighted by Crippen LogP contribution is -2.47. The van der Waals surface area contributed by atoms with Crippen LogP contribution in [0.5, 0.6) is 0 Å². The number of hydrogen-bond acceptors (Lipinski definition) is 2. The van der Waals surface area contributed by atoms with Gasteiger partial charge in [0.05, 0.1) is 6.17 Å². The van der Waals surface area contributed by atoms with Crippen molar-refractivity contribution in [2.24, 2.45) is 0 Å². The van der Waals surface area contributed by atoms with Gasteiger partial charge in [0.15, 0.2) is 0 Å². The molecule has 2 fully saturated rings. The molecule has 2 atom stereocenters. The van der Waals surface area contributed by atoms with Gasteiger partial charge >= 0.3 is 0 Å². The fraction of sp³-hybridized carbons (Fsp3) is 0.625. The highest BCUT2D eigenvalue weighted by Crippen LogP contribution is 2.34. The molecule has 2 heteroatoms. The van der Waals surface area contributed by atoms with E-state index < -0.39 is 0 Å². The van der Waals surface area contributed by atoms with E-state index in [1.54, 1.807) is 0 Å².